The molecule has 0 radical (unpaired) electrons. The summed E-state index contributed by atoms with van der Waals surface area (Å²) < 4.78 is 27.9. The van der Waals surface area contributed by atoms with Crippen LogP contribution in [-0.2, 0) is 42.9 Å². The Bertz CT molecular complexity index is 1060. The first-order chi connectivity index (χ1) is 15.1. The van der Waals surface area contributed by atoms with E-state index in [1.807, 2.05) is 0 Å². The lowest BCUT2D eigenvalue weighted by Crippen LogP contribution is -2.61. The molecule has 1 aliphatic rings. The third-order valence-corrected chi connectivity index (χ3v) is 4.72. The zero-order valence-electron chi connectivity index (χ0n) is 17.4. The summed E-state index contributed by atoms with van der Waals surface area (Å²) in [6.07, 6.45) is -4.66. The molecule has 0 spiro atoms. The first kappa shape index (κ1) is 23.3. The maximum absolute atomic E-state index is 12.5. The van der Waals surface area contributed by atoms with Gasteiger partial charge in [0.25, 0.3) is 0 Å². The summed E-state index contributed by atoms with van der Waals surface area (Å²) in [6, 6.07) is 0. The normalized spacial score (nSPS) is 25.1. The number of aromatic nitrogens is 4. The Morgan fingerprint density at radius 2 is 1.53 bits per heavy atom. The molecule has 1 fully saturated rings. The van der Waals surface area contributed by atoms with E-state index in [1.165, 1.54) is 17.2 Å². The molecule has 14 heteroatoms. The van der Waals surface area contributed by atoms with Gasteiger partial charge in [0.2, 0.25) is 0 Å². The predicted octanol–water partition coefficient (Wildman–Crippen LogP) is 0.345. The molecule has 3 heterocycles. The van der Waals surface area contributed by atoms with Crippen molar-refractivity contribution < 1.29 is 42.9 Å². The fraction of sp³-hybridized carbons (Fsp3) is 0.500. The van der Waals surface area contributed by atoms with Gasteiger partial charge in [0.15, 0.2) is 41.4 Å². The topological polar surface area (TPSA) is 158 Å². The monoisotopic (exact) mass is 470 g/mol. The number of imidazole rings is 1. The number of rotatable bonds is 5. The number of hydrogen-bond donors (Lipinski definition) is 0. The predicted molar refractivity (Wildman–Crippen MR) is 103 cm³/mol. The van der Waals surface area contributed by atoms with Gasteiger partial charge in [-0.3, -0.25) is 19.0 Å². The number of halogens is 1. The van der Waals surface area contributed by atoms with Crippen LogP contribution in [0.1, 0.15) is 27.0 Å². The first-order valence-electron chi connectivity index (χ1n) is 9.22. The minimum Gasteiger partial charge on any atom is -0.467 e. The van der Waals surface area contributed by atoms with Gasteiger partial charge in [-0.1, -0.05) is 11.6 Å². The van der Waals surface area contributed by atoms with E-state index in [0.29, 0.717) is 0 Å². The highest BCUT2D eigenvalue weighted by atomic mass is 35.5. The van der Waals surface area contributed by atoms with Gasteiger partial charge < -0.3 is 23.7 Å². The molecule has 1 saturated heterocycles. The van der Waals surface area contributed by atoms with Crippen LogP contribution in [0.3, 0.4) is 0 Å². The van der Waals surface area contributed by atoms with Crippen LogP contribution in [0.15, 0.2) is 12.7 Å². The molecule has 2 aromatic rings. The summed E-state index contributed by atoms with van der Waals surface area (Å²) in [4.78, 5) is 60.0. The molecule has 0 aromatic carbocycles. The van der Waals surface area contributed by atoms with E-state index in [2.05, 4.69) is 15.0 Å². The number of ether oxygens (including phenoxy) is 5. The maximum atomic E-state index is 12.5. The molecule has 2 aromatic heterocycles. The van der Waals surface area contributed by atoms with E-state index in [4.69, 9.17) is 35.3 Å². The van der Waals surface area contributed by atoms with Crippen LogP contribution in [0, 0.1) is 0 Å². The number of hydrogen-bond acceptors (Lipinski definition) is 12. The summed E-state index contributed by atoms with van der Waals surface area (Å²) in [5, 5.41) is 0.0486. The van der Waals surface area contributed by atoms with Gasteiger partial charge in [0.1, 0.15) is 11.8 Å². The van der Waals surface area contributed by atoms with Crippen molar-refractivity contribution in [3.63, 3.8) is 0 Å². The van der Waals surface area contributed by atoms with Crippen LogP contribution in [0.4, 0.5) is 0 Å². The number of fused-ring (bicyclic) bond motifs is 1. The number of methoxy groups -OCH3 is 1. The van der Waals surface area contributed by atoms with Crippen molar-refractivity contribution in [1.29, 1.82) is 0 Å². The lowest BCUT2D eigenvalue weighted by Gasteiger charge is -2.43. The summed E-state index contributed by atoms with van der Waals surface area (Å²) in [6.45, 7) is 3.32. The molecule has 172 valence electrons. The van der Waals surface area contributed by atoms with Gasteiger partial charge in [-0.15, -0.1) is 0 Å². The fourth-order valence-electron chi connectivity index (χ4n) is 3.33. The molecule has 1 aliphatic heterocycles. The molecule has 0 bridgehead atoms. The molecular weight excluding hydrogens is 452 g/mol. The highest BCUT2D eigenvalue weighted by Gasteiger charge is 2.55. The second kappa shape index (κ2) is 9.44. The molecule has 13 nitrogen and oxygen atoms in total. The molecule has 3 rings (SSSR count). The van der Waals surface area contributed by atoms with Crippen molar-refractivity contribution in [2.75, 3.05) is 7.11 Å². The molecule has 32 heavy (non-hydrogen) atoms. The Morgan fingerprint density at radius 1 is 0.938 bits per heavy atom. The smallest absolute Gasteiger partial charge is 0.339 e. The van der Waals surface area contributed by atoms with Crippen molar-refractivity contribution in [2.24, 2.45) is 0 Å². The molecule has 0 N–H and O–H groups in total. The Morgan fingerprint density at radius 3 is 2.12 bits per heavy atom. The highest BCUT2D eigenvalue weighted by Crippen LogP contribution is 2.36. The largest absolute Gasteiger partial charge is 0.467 e. The zero-order valence-corrected chi connectivity index (χ0v) is 18.1. The molecular formula is C18H19ClN4O9. The van der Waals surface area contributed by atoms with Crippen LogP contribution in [-0.4, -0.2) is 74.9 Å². The first-order valence-corrected chi connectivity index (χ1v) is 9.59. The van der Waals surface area contributed by atoms with E-state index in [0.717, 1.165) is 27.9 Å². The molecule has 0 aliphatic carbocycles. The van der Waals surface area contributed by atoms with Crippen molar-refractivity contribution in [1.82, 2.24) is 19.5 Å². The van der Waals surface area contributed by atoms with Crippen molar-refractivity contribution in [2.45, 2.75) is 51.4 Å². The summed E-state index contributed by atoms with van der Waals surface area (Å²) in [5.74, 6) is -3.25. The van der Waals surface area contributed by atoms with Crippen molar-refractivity contribution in [3.8, 4) is 0 Å². The quantitative estimate of drug-likeness (QED) is 0.335. The van der Waals surface area contributed by atoms with Gasteiger partial charge in [0.05, 0.1) is 13.4 Å². The van der Waals surface area contributed by atoms with Crippen LogP contribution in [0.5, 0.6) is 0 Å². The minimum atomic E-state index is -1.54. The van der Waals surface area contributed by atoms with Crippen LogP contribution < -0.4 is 0 Å². The van der Waals surface area contributed by atoms with E-state index < -0.39 is 54.5 Å². The van der Waals surface area contributed by atoms with Gasteiger partial charge in [-0.25, -0.2) is 19.7 Å². The maximum Gasteiger partial charge on any atom is 0.339 e. The SMILES string of the molecule is COC(=O)[C@@H]1O[C@H](n2cnc3c(Cl)ncnc32)[C@H](OC(C)=O)[C@@H](OC(C)=O)[C@@H]1OC(C)=O. The average molecular weight is 471 g/mol. The van der Waals surface area contributed by atoms with Gasteiger partial charge >= 0.3 is 23.9 Å². The Kier molecular flexibility index (Phi) is 6.89. The minimum absolute atomic E-state index is 0.0486. The Balaban J connectivity index is 2.18. The Hall–Kier alpha value is -3.32. The molecule has 0 amide bonds. The van der Waals surface area contributed by atoms with Crippen LogP contribution >= 0.6 is 11.6 Å². The van der Waals surface area contributed by atoms with Crippen molar-refractivity contribution >= 4 is 46.6 Å². The number of nitrogens with zero attached hydrogens (tertiary/aromatic N) is 4. The van der Waals surface area contributed by atoms with Gasteiger partial charge in [0, 0.05) is 20.8 Å². The fourth-order valence-corrected chi connectivity index (χ4v) is 3.51. The van der Waals surface area contributed by atoms with Crippen LogP contribution in [0.2, 0.25) is 5.15 Å². The van der Waals surface area contributed by atoms with E-state index >= 15 is 0 Å². The number of esters is 4. The number of carbonyl (C=O) groups excluding carboxylic acids is 4. The summed E-state index contributed by atoms with van der Waals surface area (Å²) in [7, 11) is 1.10. The van der Waals surface area contributed by atoms with E-state index in [-0.39, 0.29) is 16.3 Å². The molecule has 5 atom stereocenters. The number of carbonyl (C=O) groups is 4. The van der Waals surface area contributed by atoms with Crippen LogP contribution in [0.25, 0.3) is 11.2 Å². The third kappa shape index (κ3) is 4.62. The summed E-state index contributed by atoms with van der Waals surface area (Å²) >= 11 is 6.06. The van der Waals surface area contributed by atoms with E-state index in [9.17, 15) is 19.2 Å². The van der Waals surface area contributed by atoms with E-state index in [1.54, 1.807) is 0 Å². The molecule has 0 unspecified atom stereocenters. The third-order valence-electron chi connectivity index (χ3n) is 4.44. The van der Waals surface area contributed by atoms with Gasteiger partial charge in [-0.2, -0.15) is 0 Å². The second-order valence-corrected chi connectivity index (χ2v) is 7.04. The summed E-state index contributed by atoms with van der Waals surface area (Å²) in [5.41, 5.74) is 0.392. The Labute approximate surface area is 185 Å². The lowest BCUT2D eigenvalue weighted by atomic mass is 9.96. The molecule has 0 saturated carbocycles. The second-order valence-electron chi connectivity index (χ2n) is 6.68. The standard InChI is InChI=1S/C18H19ClN4O9/c1-7(24)29-11-12(30-8(2)25)14(18(27)28-4)32-17(13(11)31-9(3)26)23-6-22-10-15(19)20-5-21-16(10)23/h5-6,11-14,17H,1-4H3/t11-,12-,13+,14+,17-/m0/s1. The average Bonchev–Trinajstić information content (AvgIpc) is 3.14. The lowest BCUT2D eigenvalue weighted by molar-refractivity contribution is -0.262. The van der Waals surface area contributed by atoms with Crippen molar-refractivity contribution in [3.05, 3.63) is 17.8 Å². The highest BCUT2D eigenvalue weighted by molar-refractivity contribution is 6.33. The van der Waals surface area contributed by atoms with Gasteiger partial charge in [-0.05, 0) is 0 Å². The zero-order chi connectivity index (χ0) is 23.6.